The number of carbonyl (C=O) groups is 1. The molecule has 3 heterocycles. The second-order valence-corrected chi connectivity index (χ2v) is 9.91. The molecule has 3 aliphatic rings. The van der Waals surface area contributed by atoms with E-state index in [0.717, 1.165) is 25.7 Å². The molecule has 3 fully saturated rings. The van der Waals surface area contributed by atoms with Gasteiger partial charge < -0.3 is 10.2 Å². The summed E-state index contributed by atoms with van der Waals surface area (Å²) in [5.74, 6) is 1.07. The zero-order valence-corrected chi connectivity index (χ0v) is 16.2. The van der Waals surface area contributed by atoms with E-state index in [0.29, 0.717) is 37.4 Å². The maximum Gasteiger partial charge on any atom is 0.223 e. The molecule has 3 saturated heterocycles. The lowest BCUT2D eigenvalue weighted by atomic mass is 9.89. The van der Waals surface area contributed by atoms with Crippen LogP contribution in [0.15, 0.2) is 0 Å². The monoisotopic (exact) mass is 378 g/mol. The number of fused-ring (bicyclic) bond motifs is 2. The van der Waals surface area contributed by atoms with Crippen LogP contribution in [0, 0.1) is 5.92 Å². The van der Waals surface area contributed by atoms with E-state index in [1.807, 2.05) is 4.90 Å². The highest BCUT2D eigenvalue weighted by atomic mass is 35.5. The lowest BCUT2D eigenvalue weighted by molar-refractivity contribution is -0.134. The number of halogens is 1. The molecule has 0 saturated carbocycles. The molecule has 140 valence electrons. The Bertz CT molecular complexity index is 528. The molecular weight excluding hydrogens is 348 g/mol. The van der Waals surface area contributed by atoms with Crippen LogP contribution in [0.4, 0.5) is 0 Å². The smallest absolute Gasteiger partial charge is 0.223 e. The average molecular weight is 379 g/mol. The van der Waals surface area contributed by atoms with E-state index >= 15 is 0 Å². The van der Waals surface area contributed by atoms with Crippen LogP contribution in [-0.4, -0.2) is 55.4 Å². The topological polar surface area (TPSA) is 66.5 Å². The third-order valence-corrected chi connectivity index (χ3v) is 7.51. The van der Waals surface area contributed by atoms with Crippen molar-refractivity contribution in [2.75, 3.05) is 18.1 Å². The van der Waals surface area contributed by atoms with Crippen molar-refractivity contribution in [2.45, 2.75) is 76.4 Å². The molecule has 0 spiro atoms. The van der Waals surface area contributed by atoms with Crippen LogP contribution in [0.1, 0.15) is 58.3 Å². The van der Waals surface area contributed by atoms with Crippen LogP contribution in [0.3, 0.4) is 0 Å². The van der Waals surface area contributed by atoms with Gasteiger partial charge >= 0.3 is 0 Å². The van der Waals surface area contributed by atoms with E-state index in [1.54, 1.807) is 0 Å². The first-order valence-electron chi connectivity index (χ1n) is 9.23. The summed E-state index contributed by atoms with van der Waals surface area (Å²) < 4.78 is 23.6. The zero-order chi connectivity index (χ0) is 16.4. The van der Waals surface area contributed by atoms with Crippen LogP contribution in [0.2, 0.25) is 0 Å². The number of amides is 1. The van der Waals surface area contributed by atoms with Gasteiger partial charge in [-0.3, -0.25) is 4.79 Å². The van der Waals surface area contributed by atoms with Crippen molar-refractivity contribution in [1.29, 1.82) is 0 Å². The fraction of sp³-hybridized carbons (Fsp3) is 0.941. The highest BCUT2D eigenvalue weighted by Crippen LogP contribution is 2.33. The second-order valence-electron chi connectivity index (χ2n) is 7.68. The van der Waals surface area contributed by atoms with E-state index in [2.05, 4.69) is 12.2 Å². The number of hydrogen-bond donors (Lipinski definition) is 1. The van der Waals surface area contributed by atoms with Gasteiger partial charge in [0, 0.05) is 31.1 Å². The number of rotatable bonds is 6. The van der Waals surface area contributed by atoms with Crippen molar-refractivity contribution in [3.8, 4) is 0 Å². The van der Waals surface area contributed by atoms with E-state index in [9.17, 15) is 13.2 Å². The molecule has 0 aliphatic carbocycles. The van der Waals surface area contributed by atoms with Gasteiger partial charge in [-0.15, -0.1) is 12.4 Å². The summed E-state index contributed by atoms with van der Waals surface area (Å²) in [6.07, 6.45) is 7.91. The Morgan fingerprint density at radius 1 is 1.17 bits per heavy atom. The van der Waals surface area contributed by atoms with Gasteiger partial charge in [0.1, 0.15) is 0 Å². The van der Waals surface area contributed by atoms with Gasteiger partial charge in [0.05, 0.1) is 11.5 Å². The molecule has 3 aliphatic heterocycles. The molecule has 1 N–H and O–H groups in total. The number of hydrogen-bond acceptors (Lipinski definition) is 4. The van der Waals surface area contributed by atoms with E-state index < -0.39 is 9.84 Å². The molecule has 2 bridgehead atoms. The van der Waals surface area contributed by atoms with Crippen LogP contribution in [-0.2, 0) is 14.6 Å². The SMILES string of the molecule is CCCCN(C(=O)CC1CC2CCC(C1)N2)C1CCS(=O)(=O)C1.Cl. The first kappa shape index (κ1) is 20.0. The van der Waals surface area contributed by atoms with E-state index in [4.69, 9.17) is 0 Å². The summed E-state index contributed by atoms with van der Waals surface area (Å²) >= 11 is 0. The summed E-state index contributed by atoms with van der Waals surface area (Å²) in [5.41, 5.74) is 0. The number of piperidine rings is 1. The molecular formula is C17H31ClN2O3S. The molecule has 7 heteroatoms. The minimum atomic E-state index is -2.94. The predicted octanol–water partition coefficient (Wildman–Crippen LogP) is 2.14. The van der Waals surface area contributed by atoms with E-state index in [-0.39, 0.29) is 35.9 Å². The lowest BCUT2D eigenvalue weighted by Gasteiger charge is -2.33. The number of nitrogens with one attached hydrogen (secondary N) is 1. The molecule has 24 heavy (non-hydrogen) atoms. The number of carbonyl (C=O) groups excluding carboxylic acids is 1. The highest BCUT2D eigenvalue weighted by molar-refractivity contribution is 7.91. The number of unbranched alkanes of at least 4 members (excludes halogenated alkanes) is 1. The van der Waals surface area contributed by atoms with Crippen LogP contribution >= 0.6 is 12.4 Å². The molecule has 0 aromatic heterocycles. The molecule has 3 atom stereocenters. The molecule has 0 aromatic rings. The standard InChI is InChI=1S/C17H30N2O3S.ClH/c1-2-3-7-19(16-6-8-23(21,22)12-16)17(20)11-13-9-14-4-5-15(10-13)18-14;/h13-16,18H,2-12H2,1H3;1H. The van der Waals surface area contributed by atoms with Crippen molar-refractivity contribution < 1.29 is 13.2 Å². The fourth-order valence-corrected chi connectivity index (χ4v) is 6.30. The van der Waals surface area contributed by atoms with Gasteiger partial charge in [-0.1, -0.05) is 13.3 Å². The minimum Gasteiger partial charge on any atom is -0.339 e. The van der Waals surface area contributed by atoms with Crippen LogP contribution in [0.25, 0.3) is 0 Å². The second kappa shape index (κ2) is 8.37. The Morgan fingerprint density at radius 2 is 1.83 bits per heavy atom. The van der Waals surface area contributed by atoms with Gasteiger partial charge in [-0.05, 0) is 44.4 Å². The molecule has 3 unspecified atom stereocenters. The Morgan fingerprint density at radius 3 is 2.38 bits per heavy atom. The first-order valence-corrected chi connectivity index (χ1v) is 11.0. The highest BCUT2D eigenvalue weighted by Gasteiger charge is 2.37. The number of nitrogens with zero attached hydrogens (tertiary/aromatic N) is 1. The summed E-state index contributed by atoms with van der Waals surface area (Å²) in [7, 11) is -2.94. The van der Waals surface area contributed by atoms with Crippen molar-refractivity contribution in [3.05, 3.63) is 0 Å². The summed E-state index contributed by atoms with van der Waals surface area (Å²) in [6, 6.07) is 1.11. The molecule has 3 rings (SSSR count). The van der Waals surface area contributed by atoms with Gasteiger partial charge in [0.2, 0.25) is 5.91 Å². The largest absolute Gasteiger partial charge is 0.339 e. The molecule has 1 amide bonds. The Labute approximate surface area is 152 Å². The van der Waals surface area contributed by atoms with Gasteiger partial charge in [0.15, 0.2) is 9.84 Å². The van der Waals surface area contributed by atoms with Crippen molar-refractivity contribution >= 4 is 28.2 Å². The van der Waals surface area contributed by atoms with Crippen LogP contribution < -0.4 is 5.32 Å². The minimum absolute atomic E-state index is 0. The Balaban J connectivity index is 0.00000208. The van der Waals surface area contributed by atoms with Gasteiger partial charge in [0.25, 0.3) is 0 Å². The zero-order valence-electron chi connectivity index (χ0n) is 14.6. The normalized spacial score (nSPS) is 33.9. The van der Waals surface area contributed by atoms with E-state index in [1.165, 1.54) is 12.8 Å². The summed E-state index contributed by atoms with van der Waals surface area (Å²) in [5, 5.41) is 3.62. The molecule has 0 aromatic carbocycles. The summed E-state index contributed by atoms with van der Waals surface area (Å²) in [4.78, 5) is 14.8. The number of sulfone groups is 1. The molecule has 0 radical (unpaired) electrons. The maximum absolute atomic E-state index is 12.9. The quantitative estimate of drug-likeness (QED) is 0.769. The van der Waals surface area contributed by atoms with Crippen LogP contribution in [0.5, 0.6) is 0 Å². The average Bonchev–Trinajstić information content (AvgIpc) is 3.01. The third-order valence-electron chi connectivity index (χ3n) is 5.76. The van der Waals surface area contributed by atoms with Crippen molar-refractivity contribution in [2.24, 2.45) is 5.92 Å². The first-order chi connectivity index (χ1) is 11.0. The third kappa shape index (κ3) is 4.85. The Kier molecular flexibility index (Phi) is 6.97. The van der Waals surface area contributed by atoms with Gasteiger partial charge in [-0.2, -0.15) is 0 Å². The fourth-order valence-electron chi connectivity index (χ4n) is 4.57. The lowest BCUT2D eigenvalue weighted by Crippen LogP contribution is -2.44. The van der Waals surface area contributed by atoms with Crippen molar-refractivity contribution in [1.82, 2.24) is 10.2 Å². The van der Waals surface area contributed by atoms with Crippen molar-refractivity contribution in [3.63, 3.8) is 0 Å². The Hall–Kier alpha value is -0.330. The maximum atomic E-state index is 12.9. The predicted molar refractivity (Wildman–Crippen MR) is 98.2 cm³/mol. The van der Waals surface area contributed by atoms with Gasteiger partial charge in [-0.25, -0.2) is 8.42 Å². The summed E-state index contributed by atoms with van der Waals surface area (Å²) in [6.45, 7) is 2.83. The molecule has 5 nitrogen and oxygen atoms in total.